The largest absolute Gasteiger partial charge is 0.497 e. The smallest absolute Gasteiger partial charge is 0.118 e. The summed E-state index contributed by atoms with van der Waals surface area (Å²) >= 11 is 0. The van der Waals surface area contributed by atoms with E-state index < -0.39 is 0 Å². The summed E-state index contributed by atoms with van der Waals surface area (Å²) in [5, 5.41) is 9.22. The summed E-state index contributed by atoms with van der Waals surface area (Å²) in [6, 6.07) is 19.5. The van der Waals surface area contributed by atoms with Gasteiger partial charge >= 0.3 is 0 Å². The molecule has 0 amide bonds. The molecule has 0 saturated carbocycles. The molecule has 0 heterocycles. The van der Waals surface area contributed by atoms with Crippen LogP contribution in [0, 0.1) is 11.3 Å². The molecule has 0 aliphatic carbocycles. The Morgan fingerprint density at radius 3 is 2.28 bits per heavy atom. The Labute approximate surface area is 107 Å². The first-order valence-corrected chi connectivity index (χ1v) is 5.65. The Morgan fingerprint density at radius 2 is 1.72 bits per heavy atom. The minimum absolute atomic E-state index is 0.642. The summed E-state index contributed by atoms with van der Waals surface area (Å²) in [7, 11) is 1.63. The van der Waals surface area contributed by atoms with E-state index in [1.54, 1.807) is 7.11 Å². The van der Waals surface area contributed by atoms with Gasteiger partial charge in [0.1, 0.15) is 5.75 Å². The van der Waals surface area contributed by atoms with Gasteiger partial charge in [-0.2, -0.15) is 5.26 Å². The highest BCUT2D eigenvalue weighted by Crippen LogP contribution is 2.20. The molecular weight excluding hydrogens is 222 g/mol. The van der Waals surface area contributed by atoms with Gasteiger partial charge in [-0.05, 0) is 41.5 Å². The van der Waals surface area contributed by atoms with Crippen molar-refractivity contribution in [1.82, 2.24) is 0 Å². The van der Waals surface area contributed by atoms with Gasteiger partial charge in [-0.3, -0.25) is 0 Å². The van der Waals surface area contributed by atoms with Crippen LogP contribution in [0.2, 0.25) is 0 Å². The van der Waals surface area contributed by atoms with Crippen molar-refractivity contribution in [3.8, 4) is 11.8 Å². The number of methoxy groups -OCH3 is 1. The summed E-state index contributed by atoms with van der Waals surface area (Å²) in [6.07, 6.45) is 1.88. The zero-order valence-corrected chi connectivity index (χ0v) is 10.1. The summed E-state index contributed by atoms with van der Waals surface area (Å²) < 4.78 is 5.10. The fourth-order valence-corrected chi connectivity index (χ4v) is 1.67. The molecule has 0 radical (unpaired) electrons. The van der Waals surface area contributed by atoms with Crippen molar-refractivity contribution in [2.45, 2.75) is 0 Å². The molecule has 18 heavy (non-hydrogen) atoms. The second-order valence-electron chi connectivity index (χ2n) is 3.81. The molecule has 2 rings (SSSR count). The van der Waals surface area contributed by atoms with E-state index in [0.29, 0.717) is 5.57 Å². The fraction of sp³-hybridized carbons (Fsp3) is 0.0625. The van der Waals surface area contributed by atoms with Crippen LogP contribution in [0.5, 0.6) is 5.75 Å². The molecule has 0 aliphatic heterocycles. The van der Waals surface area contributed by atoms with Crippen LogP contribution < -0.4 is 4.74 Å². The van der Waals surface area contributed by atoms with E-state index in [1.165, 1.54) is 0 Å². The summed E-state index contributed by atoms with van der Waals surface area (Å²) in [5.41, 5.74) is 2.55. The van der Waals surface area contributed by atoms with Crippen molar-refractivity contribution < 1.29 is 4.74 Å². The van der Waals surface area contributed by atoms with Crippen LogP contribution in [0.25, 0.3) is 11.6 Å². The zero-order valence-electron chi connectivity index (χ0n) is 10.1. The summed E-state index contributed by atoms with van der Waals surface area (Å²) in [5.74, 6) is 0.788. The van der Waals surface area contributed by atoms with Gasteiger partial charge in [-0.15, -0.1) is 0 Å². The maximum absolute atomic E-state index is 9.22. The third kappa shape index (κ3) is 2.78. The molecule has 0 aromatic heterocycles. The van der Waals surface area contributed by atoms with E-state index in [-0.39, 0.29) is 0 Å². The maximum Gasteiger partial charge on any atom is 0.118 e. The normalized spacial score (nSPS) is 10.8. The van der Waals surface area contributed by atoms with Gasteiger partial charge in [0.05, 0.1) is 18.8 Å². The summed E-state index contributed by atoms with van der Waals surface area (Å²) in [4.78, 5) is 0. The Balaban J connectivity index is 2.34. The second-order valence-corrected chi connectivity index (χ2v) is 3.81. The maximum atomic E-state index is 9.22. The molecule has 2 aromatic rings. The van der Waals surface area contributed by atoms with Crippen molar-refractivity contribution >= 4 is 11.6 Å². The van der Waals surface area contributed by atoms with Crippen molar-refractivity contribution in [1.29, 1.82) is 5.26 Å². The Hall–Kier alpha value is -2.53. The molecule has 0 bridgehead atoms. The Morgan fingerprint density at radius 1 is 1.06 bits per heavy atom. The quantitative estimate of drug-likeness (QED) is 0.599. The monoisotopic (exact) mass is 235 g/mol. The molecule has 2 nitrogen and oxygen atoms in total. The van der Waals surface area contributed by atoms with Gasteiger partial charge in [-0.25, -0.2) is 0 Å². The molecule has 2 aromatic carbocycles. The second kappa shape index (κ2) is 5.70. The van der Waals surface area contributed by atoms with Crippen LogP contribution >= 0.6 is 0 Å². The predicted octanol–water partition coefficient (Wildman–Crippen LogP) is 3.76. The van der Waals surface area contributed by atoms with Crippen molar-refractivity contribution in [2.24, 2.45) is 0 Å². The minimum Gasteiger partial charge on any atom is -0.497 e. The third-order valence-corrected chi connectivity index (χ3v) is 2.63. The van der Waals surface area contributed by atoms with Crippen molar-refractivity contribution in [2.75, 3.05) is 7.11 Å². The predicted molar refractivity (Wildman–Crippen MR) is 72.9 cm³/mol. The molecule has 0 atom stereocenters. The number of allylic oxidation sites excluding steroid dienone is 1. The lowest BCUT2D eigenvalue weighted by Crippen LogP contribution is -1.85. The molecule has 2 heteroatoms. The minimum atomic E-state index is 0.642. The van der Waals surface area contributed by atoms with Crippen LogP contribution in [-0.4, -0.2) is 7.11 Å². The average Bonchev–Trinajstić information content (AvgIpc) is 2.46. The summed E-state index contributed by atoms with van der Waals surface area (Å²) in [6.45, 7) is 0. The van der Waals surface area contributed by atoms with Crippen LogP contribution in [0.1, 0.15) is 11.1 Å². The Bertz CT molecular complexity index is 577. The molecule has 0 N–H and O–H groups in total. The topological polar surface area (TPSA) is 33.0 Å². The van der Waals surface area contributed by atoms with E-state index in [0.717, 1.165) is 16.9 Å². The number of ether oxygens (including phenoxy) is 1. The van der Waals surface area contributed by atoms with Crippen LogP contribution in [0.3, 0.4) is 0 Å². The van der Waals surface area contributed by atoms with Crippen LogP contribution in [0.4, 0.5) is 0 Å². The molecule has 0 fully saturated rings. The molecule has 88 valence electrons. The van der Waals surface area contributed by atoms with E-state index in [9.17, 15) is 5.26 Å². The van der Waals surface area contributed by atoms with Crippen LogP contribution in [-0.2, 0) is 0 Å². The lowest BCUT2D eigenvalue weighted by molar-refractivity contribution is 0.415. The molecular formula is C16H13NO. The van der Waals surface area contributed by atoms with Gasteiger partial charge in [0, 0.05) is 0 Å². The highest BCUT2D eigenvalue weighted by Gasteiger charge is 2.01. The van der Waals surface area contributed by atoms with Crippen molar-refractivity contribution in [3.63, 3.8) is 0 Å². The highest BCUT2D eigenvalue weighted by molar-refractivity contribution is 5.89. The lowest BCUT2D eigenvalue weighted by atomic mass is 10.0. The first kappa shape index (κ1) is 11.9. The van der Waals surface area contributed by atoms with Crippen LogP contribution in [0.15, 0.2) is 54.6 Å². The fourth-order valence-electron chi connectivity index (χ4n) is 1.67. The number of hydrogen-bond acceptors (Lipinski definition) is 2. The number of nitrogens with zero attached hydrogens (tertiary/aromatic N) is 1. The van der Waals surface area contributed by atoms with E-state index >= 15 is 0 Å². The van der Waals surface area contributed by atoms with Gasteiger partial charge in [0.15, 0.2) is 0 Å². The SMILES string of the molecule is COc1ccc(/C(C#N)=C/c2ccccc2)cc1. The number of benzene rings is 2. The third-order valence-electron chi connectivity index (χ3n) is 2.63. The van der Waals surface area contributed by atoms with Gasteiger partial charge in [0.25, 0.3) is 0 Å². The number of nitriles is 1. The molecule has 0 unspecified atom stereocenters. The zero-order chi connectivity index (χ0) is 12.8. The highest BCUT2D eigenvalue weighted by atomic mass is 16.5. The first-order valence-electron chi connectivity index (χ1n) is 5.65. The van der Waals surface area contributed by atoms with Gasteiger partial charge in [-0.1, -0.05) is 30.3 Å². The van der Waals surface area contributed by atoms with Gasteiger partial charge in [0.2, 0.25) is 0 Å². The number of rotatable bonds is 3. The van der Waals surface area contributed by atoms with E-state index in [4.69, 9.17) is 4.74 Å². The van der Waals surface area contributed by atoms with Gasteiger partial charge < -0.3 is 4.74 Å². The van der Waals surface area contributed by atoms with E-state index in [2.05, 4.69) is 6.07 Å². The molecule has 0 saturated heterocycles. The lowest BCUT2D eigenvalue weighted by Gasteiger charge is -2.02. The Kier molecular flexibility index (Phi) is 3.78. The first-order chi connectivity index (χ1) is 8.83. The molecule has 0 spiro atoms. The number of hydrogen-bond donors (Lipinski definition) is 0. The van der Waals surface area contributed by atoms with Crippen molar-refractivity contribution in [3.05, 3.63) is 65.7 Å². The average molecular weight is 235 g/mol. The standard InChI is InChI=1S/C16H13NO/c1-18-16-9-7-14(8-10-16)15(12-17)11-13-5-3-2-4-6-13/h2-11H,1H3/b15-11+. The molecule has 0 aliphatic rings. The van der Waals surface area contributed by atoms with E-state index in [1.807, 2.05) is 60.7 Å².